The van der Waals surface area contributed by atoms with Crippen LogP contribution in [-0.2, 0) is 14.8 Å². The van der Waals surface area contributed by atoms with Crippen molar-refractivity contribution in [2.24, 2.45) is 5.73 Å². The molecule has 1 aliphatic heterocycles. The van der Waals surface area contributed by atoms with Crippen LogP contribution in [0.5, 0.6) is 5.75 Å². The maximum Gasteiger partial charge on any atom is 0.318 e. The van der Waals surface area contributed by atoms with E-state index < -0.39 is 22.0 Å². The Morgan fingerprint density at radius 1 is 1.13 bits per heavy atom. The van der Waals surface area contributed by atoms with Gasteiger partial charge in [0.15, 0.2) is 6.61 Å². The molecule has 0 aliphatic carbocycles. The Morgan fingerprint density at radius 2 is 1.74 bits per heavy atom. The Bertz CT molecular complexity index is 666. The molecule has 0 saturated carbocycles. The van der Waals surface area contributed by atoms with Gasteiger partial charge in [-0.25, -0.2) is 13.2 Å². The fourth-order valence-corrected chi connectivity index (χ4v) is 3.80. The Labute approximate surface area is 134 Å². The predicted molar refractivity (Wildman–Crippen MR) is 82.3 cm³/mol. The van der Waals surface area contributed by atoms with Crippen LogP contribution in [-0.4, -0.2) is 44.4 Å². The third kappa shape index (κ3) is 4.67. The van der Waals surface area contributed by atoms with Gasteiger partial charge in [0, 0.05) is 13.1 Å². The molecule has 1 aromatic carbocycles. The molecule has 2 rings (SSSR count). The van der Waals surface area contributed by atoms with Crippen LogP contribution >= 0.6 is 0 Å². The molecular weight excluding hydrogens is 322 g/mol. The molecule has 0 unspecified atom stereocenters. The van der Waals surface area contributed by atoms with Crippen molar-refractivity contribution in [3.63, 3.8) is 0 Å². The highest BCUT2D eigenvalue weighted by Gasteiger charge is 2.25. The number of carbonyl (C=O) groups excluding carboxylic acids is 2. The number of carbonyl (C=O) groups is 2. The summed E-state index contributed by atoms with van der Waals surface area (Å²) in [7, 11) is -3.49. The van der Waals surface area contributed by atoms with Crippen molar-refractivity contribution in [2.75, 3.05) is 19.7 Å². The summed E-state index contributed by atoms with van der Waals surface area (Å²) in [5.41, 5.74) is 4.80. The van der Waals surface area contributed by atoms with Crippen LogP contribution in [0.4, 0.5) is 4.79 Å². The summed E-state index contributed by atoms with van der Waals surface area (Å²) in [6.45, 7) is 0.683. The zero-order valence-corrected chi connectivity index (χ0v) is 13.3. The molecule has 23 heavy (non-hydrogen) atoms. The molecule has 9 heteroatoms. The van der Waals surface area contributed by atoms with Gasteiger partial charge in [0.05, 0.1) is 4.90 Å². The number of urea groups is 1. The number of sulfonamides is 1. The minimum absolute atomic E-state index is 0.188. The summed E-state index contributed by atoms with van der Waals surface area (Å²) in [5.74, 6) is -0.357. The molecule has 3 N–H and O–H groups in total. The van der Waals surface area contributed by atoms with Gasteiger partial charge in [0.2, 0.25) is 10.0 Å². The van der Waals surface area contributed by atoms with E-state index in [1.165, 1.54) is 28.6 Å². The average Bonchev–Trinajstić information content (AvgIpc) is 2.53. The lowest BCUT2D eigenvalue weighted by Gasteiger charge is -2.25. The second kappa shape index (κ2) is 7.42. The van der Waals surface area contributed by atoms with E-state index in [2.05, 4.69) is 0 Å². The molecule has 1 aromatic rings. The maximum atomic E-state index is 12.5. The highest BCUT2D eigenvalue weighted by molar-refractivity contribution is 7.89. The third-order valence-corrected chi connectivity index (χ3v) is 5.32. The Balaban J connectivity index is 1.98. The number of primary amides is 1. The fraction of sp³-hybridized carbons (Fsp3) is 0.429. The summed E-state index contributed by atoms with van der Waals surface area (Å²) in [5, 5.41) is 1.86. The van der Waals surface area contributed by atoms with Gasteiger partial charge in [-0.05, 0) is 37.1 Å². The number of benzene rings is 1. The van der Waals surface area contributed by atoms with Crippen LogP contribution in [0.2, 0.25) is 0 Å². The molecule has 0 aromatic heterocycles. The van der Waals surface area contributed by atoms with Crippen LogP contribution in [0.3, 0.4) is 0 Å². The fourth-order valence-electron chi connectivity index (χ4n) is 2.28. The van der Waals surface area contributed by atoms with E-state index in [0.717, 1.165) is 19.3 Å². The van der Waals surface area contributed by atoms with E-state index >= 15 is 0 Å². The van der Waals surface area contributed by atoms with Crippen molar-refractivity contribution in [3.05, 3.63) is 24.3 Å². The number of rotatable bonds is 5. The lowest BCUT2D eigenvalue weighted by atomic mass is 10.2. The van der Waals surface area contributed by atoms with Crippen LogP contribution < -0.4 is 15.8 Å². The van der Waals surface area contributed by atoms with Crippen LogP contribution in [0.15, 0.2) is 29.2 Å². The third-order valence-electron chi connectivity index (χ3n) is 3.41. The largest absolute Gasteiger partial charge is 0.484 e. The standard InChI is InChI=1S/C14H19N3O5S/c15-14(19)16-13(18)10-22-11-4-6-12(7-5-11)23(20,21)17-8-2-1-3-9-17/h4-7H,1-3,8-10H2,(H3,15,16,18,19). The predicted octanol–water partition coefficient (Wildman–Crippen LogP) is 0.435. The van der Waals surface area contributed by atoms with E-state index in [1.807, 2.05) is 5.32 Å². The van der Waals surface area contributed by atoms with Crippen molar-refractivity contribution in [1.29, 1.82) is 0 Å². The molecule has 1 fully saturated rings. The Kier molecular flexibility index (Phi) is 5.56. The van der Waals surface area contributed by atoms with Crippen molar-refractivity contribution in [3.8, 4) is 5.75 Å². The van der Waals surface area contributed by atoms with E-state index in [4.69, 9.17) is 10.5 Å². The second-order valence-electron chi connectivity index (χ2n) is 5.14. The molecule has 1 aliphatic rings. The molecule has 126 valence electrons. The molecule has 8 nitrogen and oxygen atoms in total. The number of imide groups is 1. The molecular formula is C14H19N3O5S. The van der Waals surface area contributed by atoms with Crippen molar-refractivity contribution in [2.45, 2.75) is 24.2 Å². The van der Waals surface area contributed by atoms with Crippen LogP contribution in [0.1, 0.15) is 19.3 Å². The van der Waals surface area contributed by atoms with Gasteiger partial charge in [-0.3, -0.25) is 10.1 Å². The Morgan fingerprint density at radius 3 is 2.30 bits per heavy atom. The number of nitrogens with one attached hydrogen (secondary N) is 1. The second-order valence-corrected chi connectivity index (χ2v) is 7.08. The molecule has 0 spiro atoms. The quantitative estimate of drug-likeness (QED) is 0.805. The van der Waals surface area contributed by atoms with Gasteiger partial charge < -0.3 is 10.5 Å². The van der Waals surface area contributed by atoms with E-state index in [0.29, 0.717) is 18.8 Å². The summed E-state index contributed by atoms with van der Waals surface area (Å²) >= 11 is 0. The monoisotopic (exact) mass is 341 g/mol. The number of ether oxygens (including phenoxy) is 1. The van der Waals surface area contributed by atoms with Crippen molar-refractivity contribution in [1.82, 2.24) is 9.62 Å². The maximum absolute atomic E-state index is 12.5. The molecule has 1 saturated heterocycles. The van der Waals surface area contributed by atoms with Crippen LogP contribution in [0, 0.1) is 0 Å². The first-order valence-corrected chi connectivity index (χ1v) is 8.66. The van der Waals surface area contributed by atoms with Gasteiger partial charge >= 0.3 is 6.03 Å². The number of hydrogen-bond donors (Lipinski definition) is 2. The van der Waals surface area contributed by atoms with Crippen molar-refractivity contribution >= 4 is 22.0 Å². The minimum atomic E-state index is -3.49. The van der Waals surface area contributed by atoms with Gasteiger partial charge in [-0.15, -0.1) is 0 Å². The zero-order valence-electron chi connectivity index (χ0n) is 12.5. The SMILES string of the molecule is NC(=O)NC(=O)COc1ccc(S(=O)(=O)N2CCCCC2)cc1. The van der Waals surface area contributed by atoms with Gasteiger partial charge in [0.1, 0.15) is 5.75 Å². The molecule has 0 radical (unpaired) electrons. The normalized spacial score (nSPS) is 15.8. The first kappa shape index (κ1) is 17.2. The highest BCUT2D eigenvalue weighted by atomic mass is 32.2. The molecule has 1 heterocycles. The molecule has 0 atom stereocenters. The van der Waals surface area contributed by atoms with Crippen molar-refractivity contribution < 1.29 is 22.7 Å². The average molecular weight is 341 g/mol. The van der Waals surface area contributed by atoms with E-state index in [9.17, 15) is 18.0 Å². The first-order valence-electron chi connectivity index (χ1n) is 7.22. The number of nitrogens with two attached hydrogens (primary N) is 1. The van der Waals surface area contributed by atoms with Gasteiger partial charge in [0.25, 0.3) is 5.91 Å². The zero-order chi connectivity index (χ0) is 16.9. The number of hydrogen-bond acceptors (Lipinski definition) is 5. The first-order chi connectivity index (χ1) is 10.9. The van der Waals surface area contributed by atoms with E-state index in [-0.39, 0.29) is 11.5 Å². The number of piperidine rings is 1. The summed E-state index contributed by atoms with van der Waals surface area (Å²) in [6, 6.07) is 4.85. The summed E-state index contributed by atoms with van der Waals surface area (Å²) in [6.07, 6.45) is 2.79. The summed E-state index contributed by atoms with van der Waals surface area (Å²) < 4.78 is 31.5. The van der Waals surface area contributed by atoms with E-state index in [1.54, 1.807) is 0 Å². The van der Waals surface area contributed by atoms with Crippen LogP contribution in [0.25, 0.3) is 0 Å². The minimum Gasteiger partial charge on any atom is -0.484 e. The summed E-state index contributed by atoms with van der Waals surface area (Å²) in [4.78, 5) is 21.9. The topological polar surface area (TPSA) is 119 Å². The molecule has 3 amide bonds. The number of nitrogens with zero attached hydrogens (tertiary/aromatic N) is 1. The van der Waals surface area contributed by atoms with Gasteiger partial charge in [-0.1, -0.05) is 6.42 Å². The Hall–Kier alpha value is -2.13. The number of amides is 3. The lowest BCUT2D eigenvalue weighted by Crippen LogP contribution is -2.38. The highest BCUT2D eigenvalue weighted by Crippen LogP contribution is 2.22. The smallest absolute Gasteiger partial charge is 0.318 e. The molecule has 0 bridgehead atoms. The van der Waals surface area contributed by atoms with Gasteiger partial charge in [-0.2, -0.15) is 4.31 Å². The lowest BCUT2D eigenvalue weighted by molar-refractivity contribution is -0.121.